The predicted molar refractivity (Wildman–Crippen MR) is 136 cm³/mol. The molecule has 2 atom stereocenters. The number of fused-ring (bicyclic) bond motifs is 1. The molecule has 0 saturated carbocycles. The van der Waals surface area contributed by atoms with Crippen molar-refractivity contribution in [2.45, 2.75) is 79.2 Å². The van der Waals surface area contributed by atoms with Crippen LogP contribution < -0.4 is 20.7 Å². The molecule has 36 heavy (non-hydrogen) atoms. The predicted octanol–water partition coefficient (Wildman–Crippen LogP) is 3.32. The zero-order valence-corrected chi connectivity index (χ0v) is 22.1. The fraction of sp³-hybridized carbons (Fsp3) is 0.577. The van der Waals surface area contributed by atoms with E-state index in [-0.39, 0.29) is 18.6 Å². The van der Waals surface area contributed by atoms with E-state index in [1.807, 2.05) is 65.9 Å². The molecule has 0 spiro atoms. The lowest BCUT2D eigenvalue weighted by atomic mass is 9.94. The van der Waals surface area contributed by atoms with E-state index in [4.69, 9.17) is 14.6 Å². The Balaban J connectivity index is 0.00000222. The van der Waals surface area contributed by atoms with Gasteiger partial charge in [0, 0.05) is 31.4 Å². The molecule has 2 amide bonds. The summed E-state index contributed by atoms with van der Waals surface area (Å²) in [6.07, 6.45) is 1.85. The molecule has 10 nitrogen and oxygen atoms in total. The SMILES string of the molecule is CC.CCN(C(=O)OC(C)(C)C)C1NC=C(CCOc2ccc3c(c2)CNC(=O)C(CC(=O)O)C3)N1. The van der Waals surface area contributed by atoms with Crippen molar-refractivity contribution in [2.75, 3.05) is 13.2 Å². The number of ether oxygens (including phenoxy) is 2. The Bertz CT molecular complexity index is 956. The van der Waals surface area contributed by atoms with E-state index in [0.717, 1.165) is 16.8 Å². The van der Waals surface area contributed by atoms with Crippen molar-refractivity contribution in [3.63, 3.8) is 0 Å². The van der Waals surface area contributed by atoms with Crippen molar-refractivity contribution in [1.29, 1.82) is 0 Å². The molecule has 1 aromatic rings. The molecule has 0 radical (unpaired) electrons. The quantitative estimate of drug-likeness (QED) is 0.424. The summed E-state index contributed by atoms with van der Waals surface area (Å²) in [5, 5.41) is 18.3. The number of nitrogens with one attached hydrogen (secondary N) is 3. The molecule has 200 valence electrons. The average molecular weight is 505 g/mol. The number of amides is 2. The third kappa shape index (κ3) is 8.35. The van der Waals surface area contributed by atoms with Crippen LogP contribution in [0.1, 0.15) is 65.5 Å². The van der Waals surface area contributed by atoms with Crippen molar-refractivity contribution >= 4 is 18.0 Å². The largest absolute Gasteiger partial charge is 0.493 e. The first-order valence-corrected chi connectivity index (χ1v) is 12.5. The van der Waals surface area contributed by atoms with Crippen molar-refractivity contribution in [3.05, 3.63) is 41.2 Å². The Hall–Kier alpha value is -3.43. The van der Waals surface area contributed by atoms with Gasteiger partial charge in [-0.25, -0.2) is 4.79 Å². The summed E-state index contributed by atoms with van der Waals surface area (Å²) in [6.45, 7) is 12.6. The lowest BCUT2D eigenvalue weighted by Crippen LogP contribution is -2.53. The number of rotatable bonds is 8. The highest BCUT2D eigenvalue weighted by atomic mass is 16.6. The van der Waals surface area contributed by atoms with Gasteiger partial charge in [0.25, 0.3) is 0 Å². The van der Waals surface area contributed by atoms with Gasteiger partial charge in [0.1, 0.15) is 11.4 Å². The molecule has 2 aliphatic rings. The van der Waals surface area contributed by atoms with Crippen LogP contribution in [-0.2, 0) is 27.3 Å². The summed E-state index contributed by atoms with van der Waals surface area (Å²) >= 11 is 0. The Morgan fingerprint density at radius 1 is 1.19 bits per heavy atom. The van der Waals surface area contributed by atoms with Gasteiger partial charge in [-0.2, -0.15) is 0 Å². The monoisotopic (exact) mass is 504 g/mol. The first-order chi connectivity index (χ1) is 17.1. The molecule has 0 saturated heterocycles. The Morgan fingerprint density at radius 3 is 2.56 bits per heavy atom. The van der Waals surface area contributed by atoms with Gasteiger partial charge in [0.2, 0.25) is 5.91 Å². The maximum atomic E-state index is 12.4. The molecule has 2 heterocycles. The summed E-state index contributed by atoms with van der Waals surface area (Å²) in [4.78, 5) is 37.2. The van der Waals surface area contributed by atoms with Crippen LogP contribution in [0.15, 0.2) is 30.1 Å². The third-order valence-corrected chi connectivity index (χ3v) is 5.55. The van der Waals surface area contributed by atoms with Crippen molar-refractivity contribution in [2.24, 2.45) is 5.92 Å². The smallest absolute Gasteiger partial charge is 0.413 e. The van der Waals surface area contributed by atoms with E-state index < -0.39 is 23.6 Å². The number of hydrogen-bond donors (Lipinski definition) is 4. The van der Waals surface area contributed by atoms with E-state index >= 15 is 0 Å². The van der Waals surface area contributed by atoms with Gasteiger partial charge in [-0.3, -0.25) is 14.5 Å². The number of hydrogen-bond acceptors (Lipinski definition) is 7. The van der Waals surface area contributed by atoms with Crippen LogP contribution in [0, 0.1) is 5.92 Å². The van der Waals surface area contributed by atoms with Crippen molar-refractivity contribution in [1.82, 2.24) is 20.9 Å². The lowest BCUT2D eigenvalue weighted by molar-refractivity contribution is -0.141. The van der Waals surface area contributed by atoms with Crippen LogP contribution in [0.4, 0.5) is 4.79 Å². The Kier molecular flexibility index (Phi) is 10.4. The highest BCUT2D eigenvalue weighted by Crippen LogP contribution is 2.25. The lowest BCUT2D eigenvalue weighted by Gasteiger charge is -2.31. The molecule has 0 aromatic heterocycles. The van der Waals surface area contributed by atoms with E-state index in [2.05, 4.69) is 16.0 Å². The second kappa shape index (κ2) is 13.0. The molecule has 3 rings (SSSR count). The third-order valence-electron chi connectivity index (χ3n) is 5.55. The Morgan fingerprint density at radius 2 is 1.92 bits per heavy atom. The molecule has 10 heteroatoms. The minimum atomic E-state index is -0.983. The molecule has 0 fully saturated rings. The Labute approximate surface area is 213 Å². The number of carboxylic acids is 1. The first-order valence-electron chi connectivity index (χ1n) is 12.5. The van der Waals surface area contributed by atoms with Gasteiger partial charge >= 0.3 is 12.1 Å². The second-order valence-electron chi connectivity index (χ2n) is 9.40. The van der Waals surface area contributed by atoms with Crippen LogP contribution in [0.25, 0.3) is 0 Å². The molecule has 0 aliphatic carbocycles. The topological polar surface area (TPSA) is 129 Å². The van der Waals surface area contributed by atoms with E-state index in [1.54, 1.807) is 4.90 Å². The summed E-state index contributed by atoms with van der Waals surface area (Å²) in [5.41, 5.74) is 2.22. The summed E-state index contributed by atoms with van der Waals surface area (Å²) in [7, 11) is 0. The van der Waals surface area contributed by atoms with E-state index in [9.17, 15) is 14.4 Å². The summed E-state index contributed by atoms with van der Waals surface area (Å²) in [6, 6.07) is 5.62. The minimum Gasteiger partial charge on any atom is -0.493 e. The molecule has 4 N–H and O–H groups in total. The van der Waals surface area contributed by atoms with Crippen LogP contribution >= 0.6 is 0 Å². The van der Waals surface area contributed by atoms with Crippen LogP contribution in [-0.4, -0.2) is 53.0 Å². The number of benzene rings is 1. The zero-order valence-electron chi connectivity index (χ0n) is 22.1. The molecule has 2 unspecified atom stereocenters. The van der Waals surface area contributed by atoms with Crippen LogP contribution in [0.5, 0.6) is 5.75 Å². The maximum absolute atomic E-state index is 12.4. The van der Waals surface area contributed by atoms with Gasteiger partial charge in [-0.1, -0.05) is 19.9 Å². The molecule has 1 aromatic carbocycles. The first kappa shape index (κ1) is 28.8. The van der Waals surface area contributed by atoms with Crippen molar-refractivity contribution < 1.29 is 29.0 Å². The molecule has 2 aliphatic heterocycles. The van der Waals surface area contributed by atoms with Crippen molar-refractivity contribution in [3.8, 4) is 5.75 Å². The van der Waals surface area contributed by atoms with Crippen LogP contribution in [0.2, 0.25) is 0 Å². The highest BCUT2D eigenvalue weighted by Gasteiger charge is 2.29. The fourth-order valence-corrected chi connectivity index (χ4v) is 3.88. The standard InChI is InChI=1S/C24H34N4O6.C2H6/c1-5-28(23(32)34-24(2,3)4)22-26-14-18(27-22)8-9-33-19-7-6-15-10-16(12-20(29)30)21(31)25-13-17(15)11-19;1-2/h6-7,11,14,16,22,26-27H,5,8-10,12-13H2,1-4H3,(H,25,31)(H,29,30);1-2H3. The summed E-state index contributed by atoms with van der Waals surface area (Å²) < 4.78 is 11.4. The van der Waals surface area contributed by atoms with Gasteiger partial charge in [0.05, 0.1) is 18.9 Å². The number of carboxylic acid groups (broad SMARTS) is 1. The van der Waals surface area contributed by atoms with E-state index in [1.165, 1.54) is 0 Å². The second-order valence-corrected chi connectivity index (χ2v) is 9.40. The fourth-order valence-electron chi connectivity index (χ4n) is 3.88. The highest BCUT2D eigenvalue weighted by molar-refractivity contribution is 5.84. The van der Waals surface area contributed by atoms with E-state index in [0.29, 0.717) is 38.3 Å². The number of carbonyl (C=O) groups is 3. The number of aliphatic carboxylic acids is 1. The maximum Gasteiger partial charge on any atom is 0.413 e. The normalized spacial score (nSPS) is 18.6. The number of nitrogens with zero attached hydrogens (tertiary/aromatic N) is 1. The van der Waals surface area contributed by atoms with Gasteiger partial charge in [-0.05, 0) is 57.4 Å². The molecular formula is C26H40N4O6. The number of carbonyl (C=O) groups excluding carboxylic acids is 2. The molecule has 0 bridgehead atoms. The average Bonchev–Trinajstić information content (AvgIpc) is 3.20. The van der Waals surface area contributed by atoms with Crippen LogP contribution in [0.3, 0.4) is 0 Å². The zero-order chi connectivity index (χ0) is 26.9. The van der Waals surface area contributed by atoms with Gasteiger partial charge in [-0.15, -0.1) is 0 Å². The molecular weight excluding hydrogens is 464 g/mol. The van der Waals surface area contributed by atoms with Gasteiger partial charge < -0.3 is 30.5 Å². The van der Waals surface area contributed by atoms with Gasteiger partial charge in [0.15, 0.2) is 6.29 Å². The minimum absolute atomic E-state index is 0.190. The summed E-state index contributed by atoms with van der Waals surface area (Å²) in [5.74, 6) is -1.12.